The normalized spacial score (nSPS) is 12.8. The molecular weight excluding hydrogens is 183 g/mol. The summed E-state index contributed by atoms with van der Waals surface area (Å²) in [7, 11) is 1.59. The summed E-state index contributed by atoms with van der Waals surface area (Å²) >= 11 is 0. The van der Waals surface area contributed by atoms with Crippen LogP contribution >= 0.6 is 0 Å². The second kappa shape index (κ2) is 5.73. The summed E-state index contributed by atoms with van der Waals surface area (Å²) in [6.07, 6.45) is 0.588. The van der Waals surface area contributed by atoms with Crippen LogP contribution < -0.4 is 0 Å². The molecule has 0 bridgehead atoms. The first-order valence-corrected chi connectivity index (χ1v) is 4.64. The number of aliphatic hydroxyl groups excluding tert-OH is 1. The molecule has 14 heavy (non-hydrogen) atoms. The molecule has 0 saturated carbocycles. The molecular formula is C11H15FO2. The van der Waals surface area contributed by atoms with Gasteiger partial charge in [0.1, 0.15) is 5.82 Å². The molecule has 0 radical (unpaired) electrons. The van der Waals surface area contributed by atoms with Crippen LogP contribution in [-0.2, 0) is 11.2 Å². The number of halogens is 1. The predicted octanol–water partition coefficient (Wildman–Crippen LogP) is 1.77. The highest BCUT2D eigenvalue weighted by atomic mass is 19.1. The average molecular weight is 198 g/mol. The van der Waals surface area contributed by atoms with Gasteiger partial charge in [-0.05, 0) is 30.5 Å². The van der Waals surface area contributed by atoms with E-state index in [2.05, 4.69) is 0 Å². The van der Waals surface area contributed by atoms with Gasteiger partial charge in [0, 0.05) is 13.7 Å². The van der Waals surface area contributed by atoms with Gasteiger partial charge in [0.2, 0.25) is 0 Å². The van der Waals surface area contributed by atoms with Gasteiger partial charge in [0.15, 0.2) is 0 Å². The summed E-state index contributed by atoms with van der Waals surface area (Å²) in [6, 6.07) is 6.29. The lowest BCUT2D eigenvalue weighted by atomic mass is 10.1. The van der Waals surface area contributed by atoms with Crippen LogP contribution in [0.15, 0.2) is 24.3 Å². The molecule has 0 aliphatic carbocycles. The van der Waals surface area contributed by atoms with E-state index in [-0.39, 0.29) is 5.82 Å². The van der Waals surface area contributed by atoms with Crippen molar-refractivity contribution in [1.82, 2.24) is 0 Å². The number of hydrogen-bond acceptors (Lipinski definition) is 2. The van der Waals surface area contributed by atoms with Gasteiger partial charge in [-0.2, -0.15) is 0 Å². The number of ether oxygens (including phenoxy) is 1. The van der Waals surface area contributed by atoms with E-state index >= 15 is 0 Å². The van der Waals surface area contributed by atoms with Gasteiger partial charge in [0.25, 0.3) is 0 Å². The van der Waals surface area contributed by atoms with Crippen LogP contribution in [-0.4, -0.2) is 24.9 Å². The van der Waals surface area contributed by atoms with Gasteiger partial charge in [0.05, 0.1) is 6.10 Å². The Balaban J connectivity index is 2.43. The highest BCUT2D eigenvalue weighted by Gasteiger charge is 2.05. The molecule has 78 valence electrons. The lowest BCUT2D eigenvalue weighted by Gasteiger charge is -2.09. The van der Waals surface area contributed by atoms with Crippen LogP contribution in [0, 0.1) is 5.82 Å². The maximum Gasteiger partial charge on any atom is 0.123 e. The Morgan fingerprint density at radius 3 is 2.93 bits per heavy atom. The molecule has 1 atom stereocenters. The minimum Gasteiger partial charge on any atom is -0.393 e. The van der Waals surface area contributed by atoms with Crippen LogP contribution in [0.3, 0.4) is 0 Å². The molecule has 1 unspecified atom stereocenters. The van der Waals surface area contributed by atoms with E-state index < -0.39 is 6.10 Å². The zero-order valence-corrected chi connectivity index (χ0v) is 8.24. The topological polar surface area (TPSA) is 29.5 Å². The third-order valence-electron chi connectivity index (χ3n) is 2.02. The fourth-order valence-corrected chi connectivity index (χ4v) is 1.29. The summed E-state index contributed by atoms with van der Waals surface area (Å²) in [6.45, 7) is 0.524. The molecule has 0 saturated heterocycles. The molecule has 0 heterocycles. The Bertz CT molecular complexity index is 276. The first kappa shape index (κ1) is 11.1. The molecule has 1 rings (SSSR count). The highest BCUT2D eigenvalue weighted by Crippen LogP contribution is 2.08. The second-order valence-electron chi connectivity index (χ2n) is 3.27. The van der Waals surface area contributed by atoms with Gasteiger partial charge in [-0.3, -0.25) is 0 Å². The van der Waals surface area contributed by atoms with Gasteiger partial charge in [-0.1, -0.05) is 12.1 Å². The maximum absolute atomic E-state index is 12.8. The smallest absolute Gasteiger partial charge is 0.123 e. The van der Waals surface area contributed by atoms with Crippen LogP contribution in [0.1, 0.15) is 12.0 Å². The van der Waals surface area contributed by atoms with Crippen molar-refractivity contribution in [3.05, 3.63) is 35.6 Å². The van der Waals surface area contributed by atoms with E-state index in [4.69, 9.17) is 4.74 Å². The van der Waals surface area contributed by atoms with Crippen molar-refractivity contribution in [1.29, 1.82) is 0 Å². The van der Waals surface area contributed by atoms with Crippen molar-refractivity contribution in [2.24, 2.45) is 0 Å². The summed E-state index contributed by atoms with van der Waals surface area (Å²) in [4.78, 5) is 0. The van der Waals surface area contributed by atoms with Crippen molar-refractivity contribution >= 4 is 0 Å². The van der Waals surface area contributed by atoms with Gasteiger partial charge < -0.3 is 9.84 Å². The molecule has 1 N–H and O–H groups in total. The number of rotatable bonds is 5. The van der Waals surface area contributed by atoms with Gasteiger partial charge in [-0.15, -0.1) is 0 Å². The Labute approximate surface area is 83.3 Å². The van der Waals surface area contributed by atoms with Crippen LogP contribution in [0.2, 0.25) is 0 Å². The monoisotopic (exact) mass is 198 g/mol. The summed E-state index contributed by atoms with van der Waals surface area (Å²) < 4.78 is 17.6. The van der Waals surface area contributed by atoms with E-state index in [0.717, 1.165) is 5.56 Å². The molecule has 0 aromatic heterocycles. The molecule has 3 heteroatoms. The molecule has 1 aromatic rings. The predicted molar refractivity (Wildman–Crippen MR) is 52.6 cm³/mol. The molecule has 2 nitrogen and oxygen atoms in total. The van der Waals surface area contributed by atoms with Crippen molar-refractivity contribution in [3.63, 3.8) is 0 Å². The first-order valence-electron chi connectivity index (χ1n) is 4.64. The summed E-state index contributed by atoms with van der Waals surface area (Å²) in [5.74, 6) is -0.263. The second-order valence-corrected chi connectivity index (χ2v) is 3.27. The lowest BCUT2D eigenvalue weighted by molar-refractivity contribution is 0.110. The minimum atomic E-state index is -0.461. The number of hydrogen-bond donors (Lipinski definition) is 1. The third kappa shape index (κ3) is 3.85. The summed E-state index contributed by atoms with van der Waals surface area (Å²) in [5, 5.41) is 9.52. The van der Waals surface area contributed by atoms with Crippen LogP contribution in [0.25, 0.3) is 0 Å². The zero-order chi connectivity index (χ0) is 10.4. The quantitative estimate of drug-likeness (QED) is 0.781. The van der Waals surface area contributed by atoms with E-state index in [1.807, 2.05) is 0 Å². The average Bonchev–Trinajstić information content (AvgIpc) is 2.15. The SMILES string of the molecule is COCCC(O)Cc1cccc(F)c1. The molecule has 0 spiro atoms. The minimum absolute atomic E-state index is 0.263. The van der Waals surface area contributed by atoms with Crippen molar-refractivity contribution < 1.29 is 14.2 Å². The first-order chi connectivity index (χ1) is 6.72. The van der Waals surface area contributed by atoms with Crippen LogP contribution in [0.4, 0.5) is 4.39 Å². The van der Waals surface area contributed by atoms with Gasteiger partial charge in [-0.25, -0.2) is 4.39 Å². The Morgan fingerprint density at radius 1 is 1.50 bits per heavy atom. The van der Waals surface area contributed by atoms with E-state index in [1.165, 1.54) is 12.1 Å². The number of methoxy groups -OCH3 is 1. The molecule has 0 aliphatic rings. The third-order valence-corrected chi connectivity index (χ3v) is 2.02. The fraction of sp³-hybridized carbons (Fsp3) is 0.455. The molecule has 1 aromatic carbocycles. The number of benzene rings is 1. The maximum atomic E-state index is 12.8. The Hall–Kier alpha value is -0.930. The molecule has 0 amide bonds. The van der Waals surface area contributed by atoms with Crippen LogP contribution in [0.5, 0.6) is 0 Å². The van der Waals surface area contributed by atoms with Crippen molar-refractivity contribution in [3.8, 4) is 0 Å². The molecule has 0 fully saturated rings. The summed E-state index contributed by atoms with van der Waals surface area (Å²) in [5.41, 5.74) is 0.814. The van der Waals surface area contributed by atoms with Crippen molar-refractivity contribution in [2.75, 3.05) is 13.7 Å². The van der Waals surface area contributed by atoms with E-state index in [9.17, 15) is 9.50 Å². The van der Waals surface area contributed by atoms with E-state index in [0.29, 0.717) is 19.4 Å². The Morgan fingerprint density at radius 2 is 2.29 bits per heavy atom. The zero-order valence-electron chi connectivity index (χ0n) is 8.24. The van der Waals surface area contributed by atoms with E-state index in [1.54, 1.807) is 19.2 Å². The van der Waals surface area contributed by atoms with Gasteiger partial charge >= 0.3 is 0 Å². The lowest BCUT2D eigenvalue weighted by Crippen LogP contribution is -2.13. The standard InChI is InChI=1S/C11H15FO2/c1-14-6-5-11(13)8-9-3-2-4-10(12)7-9/h2-4,7,11,13H,5-6,8H2,1H3. The highest BCUT2D eigenvalue weighted by molar-refractivity contribution is 5.16. The van der Waals surface area contributed by atoms with Crippen molar-refractivity contribution in [2.45, 2.75) is 18.9 Å². The fourth-order valence-electron chi connectivity index (χ4n) is 1.29. The molecule has 0 aliphatic heterocycles. The Kier molecular flexibility index (Phi) is 4.56. The largest absolute Gasteiger partial charge is 0.393 e. The number of aliphatic hydroxyl groups is 1.